The second-order valence-electron chi connectivity index (χ2n) is 5.42. The van der Waals surface area contributed by atoms with Crippen molar-refractivity contribution in [3.8, 4) is 0 Å². The van der Waals surface area contributed by atoms with Gasteiger partial charge in [0.2, 0.25) is 0 Å². The highest BCUT2D eigenvalue weighted by atomic mass is 16.2. The standard InChI is InChI=1S/C17H19N3O/c1-13-4-6-14(7-5-13)19-15-8-9-18-16(12-15)17(21)20-10-2-3-11-20/h4-9,12H,2-3,10-11H2,1H3,(H,18,19). The molecular formula is C17H19N3O. The van der Waals surface area contributed by atoms with Gasteiger partial charge >= 0.3 is 0 Å². The maximum atomic E-state index is 12.3. The van der Waals surface area contributed by atoms with E-state index in [0.29, 0.717) is 5.69 Å². The molecule has 2 aromatic rings. The molecule has 1 aliphatic heterocycles. The SMILES string of the molecule is Cc1ccc(Nc2ccnc(C(=O)N3CCCC3)c2)cc1. The van der Waals surface area contributed by atoms with E-state index in [-0.39, 0.29) is 5.91 Å². The number of aromatic nitrogens is 1. The van der Waals surface area contributed by atoms with Crippen LogP contribution in [0.1, 0.15) is 28.9 Å². The largest absolute Gasteiger partial charge is 0.355 e. The Kier molecular flexibility index (Phi) is 3.86. The van der Waals surface area contributed by atoms with E-state index in [4.69, 9.17) is 0 Å². The molecule has 1 aromatic carbocycles. The van der Waals surface area contributed by atoms with E-state index in [2.05, 4.69) is 29.4 Å². The molecule has 0 spiro atoms. The van der Waals surface area contributed by atoms with Gasteiger partial charge in [-0.2, -0.15) is 0 Å². The van der Waals surface area contributed by atoms with Crippen LogP contribution in [0.4, 0.5) is 11.4 Å². The van der Waals surface area contributed by atoms with Crippen molar-refractivity contribution in [1.82, 2.24) is 9.88 Å². The monoisotopic (exact) mass is 281 g/mol. The number of hydrogen-bond donors (Lipinski definition) is 1. The van der Waals surface area contributed by atoms with E-state index < -0.39 is 0 Å². The summed E-state index contributed by atoms with van der Waals surface area (Å²) in [5, 5.41) is 3.31. The van der Waals surface area contributed by atoms with Crippen LogP contribution in [-0.4, -0.2) is 28.9 Å². The van der Waals surface area contributed by atoms with Gasteiger partial charge in [0.15, 0.2) is 0 Å². The summed E-state index contributed by atoms with van der Waals surface area (Å²) in [5.41, 5.74) is 3.62. The van der Waals surface area contributed by atoms with Crippen LogP contribution in [0.2, 0.25) is 0 Å². The van der Waals surface area contributed by atoms with Crippen LogP contribution in [-0.2, 0) is 0 Å². The fourth-order valence-corrected chi connectivity index (χ4v) is 2.51. The molecule has 1 N–H and O–H groups in total. The first-order valence-corrected chi connectivity index (χ1v) is 7.31. The summed E-state index contributed by atoms with van der Waals surface area (Å²) in [7, 11) is 0. The number of aryl methyl sites for hydroxylation is 1. The fourth-order valence-electron chi connectivity index (χ4n) is 2.51. The van der Waals surface area contributed by atoms with Crippen LogP contribution in [0, 0.1) is 6.92 Å². The summed E-state index contributed by atoms with van der Waals surface area (Å²) in [6, 6.07) is 11.9. The molecule has 1 aromatic heterocycles. The third-order valence-electron chi connectivity index (χ3n) is 3.71. The lowest BCUT2D eigenvalue weighted by Crippen LogP contribution is -2.28. The number of nitrogens with one attached hydrogen (secondary N) is 1. The number of hydrogen-bond acceptors (Lipinski definition) is 3. The molecule has 2 heterocycles. The Bertz CT molecular complexity index is 631. The van der Waals surface area contributed by atoms with Gasteiger partial charge in [-0.15, -0.1) is 0 Å². The van der Waals surface area contributed by atoms with Gasteiger partial charge in [0.25, 0.3) is 5.91 Å². The number of carbonyl (C=O) groups excluding carboxylic acids is 1. The molecule has 1 amide bonds. The molecule has 0 radical (unpaired) electrons. The van der Waals surface area contributed by atoms with Crippen molar-refractivity contribution in [3.05, 3.63) is 53.9 Å². The first-order chi connectivity index (χ1) is 10.2. The lowest BCUT2D eigenvalue weighted by Gasteiger charge is -2.15. The van der Waals surface area contributed by atoms with Crippen molar-refractivity contribution in [2.45, 2.75) is 19.8 Å². The molecular weight excluding hydrogens is 262 g/mol. The number of likely N-dealkylation sites (tertiary alicyclic amines) is 1. The molecule has 4 heteroatoms. The van der Waals surface area contributed by atoms with Gasteiger partial charge in [-0.1, -0.05) is 17.7 Å². The molecule has 4 nitrogen and oxygen atoms in total. The minimum atomic E-state index is 0.0278. The molecule has 3 rings (SSSR count). The molecule has 1 saturated heterocycles. The van der Waals surface area contributed by atoms with Gasteiger partial charge in [0.1, 0.15) is 5.69 Å². The Morgan fingerprint density at radius 1 is 1.10 bits per heavy atom. The Balaban J connectivity index is 1.76. The van der Waals surface area contributed by atoms with E-state index in [1.807, 2.05) is 29.2 Å². The average molecular weight is 281 g/mol. The third-order valence-corrected chi connectivity index (χ3v) is 3.71. The van der Waals surface area contributed by atoms with E-state index in [0.717, 1.165) is 37.3 Å². The summed E-state index contributed by atoms with van der Waals surface area (Å²) < 4.78 is 0. The summed E-state index contributed by atoms with van der Waals surface area (Å²) in [4.78, 5) is 18.4. The number of carbonyl (C=O) groups is 1. The van der Waals surface area contributed by atoms with Crippen LogP contribution in [0.15, 0.2) is 42.6 Å². The highest BCUT2D eigenvalue weighted by Gasteiger charge is 2.20. The quantitative estimate of drug-likeness (QED) is 0.938. The maximum absolute atomic E-state index is 12.3. The van der Waals surface area contributed by atoms with Crippen molar-refractivity contribution in [1.29, 1.82) is 0 Å². The molecule has 21 heavy (non-hydrogen) atoms. The summed E-state index contributed by atoms with van der Waals surface area (Å²) in [6.45, 7) is 3.75. The number of rotatable bonds is 3. The highest BCUT2D eigenvalue weighted by molar-refractivity contribution is 5.93. The van der Waals surface area contributed by atoms with Gasteiger partial charge in [-0.25, -0.2) is 0 Å². The van der Waals surface area contributed by atoms with E-state index in [1.165, 1.54) is 5.56 Å². The van der Waals surface area contributed by atoms with Crippen LogP contribution in [0.5, 0.6) is 0 Å². The van der Waals surface area contributed by atoms with Crippen LogP contribution in [0.25, 0.3) is 0 Å². The van der Waals surface area contributed by atoms with E-state index in [9.17, 15) is 4.79 Å². The lowest BCUT2D eigenvalue weighted by atomic mass is 10.2. The fraction of sp³-hybridized carbons (Fsp3) is 0.294. The number of amides is 1. The molecule has 0 atom stereocenters. The first-order valence-electron chi connectivity index (χ1n) is 7.31. The van der Waals surface area contributed by atoms with Gasteiger partial charge in [0, 0.05) is 30.7 Å². The second-order valence-corrected chi connectivity index (χ2v) is 5.42. The van der Waals surface area contributed by atoms with Crippen LogP contribution in [0.3, 0.4) is 0 Å². The van der Waals surface area contributed by atoms with Crippen LogP contribution < -0.4 is 5.32 Å². The smallest absolute Gasteiger partial charge is 0.272 e. The zero-order valence-electron chi connectivity index (χ0n) is 12.2. The van der Waals surface area contributed by atoms with Gasteiger partial charge in [-0.3, -0.25) is 9.78 Å². The summed E-state index contributed by atoms with van der Waals surface area (Å²) >= 11 is 0. The summed E-state index contributed by atoms with van der Waals surface area (Å²) in [6.07, 6.45) is 3.86. The van der Waals surface area contributed by atoms with Crippen molar-refractivity contribution < 1.29 is 4.79 Å². The number of pyridine rings is 1. The molecule has 0 unspecified atom stereocenters. The highest BCUT2D eigenvalue weighted by Crippen LogP contribution is 2.19. The van der Waals surface area contributed by atoms with Crippen LogP contribution >= 0.6 is 0 Å². The maximum Gasteiger partial charge on any atom is 0.272 e. The van der Waals surface area contributed by atoms with Gasteiger partial charge in [-0.05, 0) is 44.0 Å². The van der Waals surface area contributed by atoms with Crippen molar-refractivity contribution in [2.24, 2.45) is 0 Å². The normalized spacial score (nSPS) is 14.2. The molecule has 0 aliphatic carbocycles. The van der Waals surface area contributed by atoms with E-state index in [1.54, 1.807) is 6.20 Å². The molecule has 1 fully saturated rings. The predicted molar refractivity (Wildman–Crippen MR) is 83.8 cm³/mol. The molecule has 0 bridgehead atoms. The van der Waals surface area contributed by atoms with Gasteiger partial charge in [0.05, 0.1) is 0 Å². The Labute approximate surface area is 124 Å². The number of nitrogens with zero attached hydrogens (tertiary/aromatic N) is 2. The third kappa shape index (κ3) is 3.21. The van der Waals surface area contributed by atoms with E-state index >= 15 is 0 Å². The van der Waals surface area contributed by atoms with Crippen molar-refractivity contribution >= 4 is 17.3 Å². The Morgan fingerprint density at radius 3 is 2.52 bits per heavy atom. The topological polar surface area (TPSA) is 45.2 Å². The Hall–Kier alpha value is -2.36. The molecule has 1 aliphatic rings. The second kappa shape index (κ2) is 5.95. The molecule has 108 valence electrons. The van der Waals surface area contributed by atoms with Crippen molar-refractivity contribution in [2.75, 3.05) is 18.4 Å². The Morgan fingerprint density at radius 2 is 1.81 bits per heavy atom. The van der Waals surface area contributed by atoms with Gasteiger partial charge < -0.3 is 10.2 Å². The predicted octanol–water partition coefficient (Wildman–Crippen LogP) is 3.37. The zero-order valence-corrected chi connectivity index (χ0v) is 12.2. The zero-order chi connectivity index (χ0) is 14.7. The minimum absolute atomic E-state index is 0.0278. The minimum Gasteiger partial charge on any atom is -0.355 e. The molecule has 0 saturated carbocycles. The lowest BCUT2D eigenvalue weighted by molar-refractivity contribution is 0.0787. The van der Waals surface area contributed by atoms with Crippen molar-refractivity contribution in [3.63, 3.8) is 0 Å². The average Bonchev–Trinajstić information content (AvgIpc) is 3.03. The first kappa shape index (κ1) is 13.6. The number of benzene rings is 1. The summed E-state index contributed by atoms with van der Waals surface area (Å²) in [5.74, 6) is 0.0278. The number of anilines is 2.